The molecule has 0 aromatic heterocycles. The van der Waals surface area contributed by atoms with E-state index in [2.05, 4.69) is 0 Å². The second-order valence-corrected chi connectivity index (χ2v) is 6.99. The number of carbonyl (C=O) groups excluding carboxylic acids is 1. The van der Waals surface area contributed by atoms with Crippen molar-refractivity contribution in [3.8, 4) is 5.75 Å². The summed E-state index contributed by atoms with van der Waals surface area (Å²) in [6, 6.07) is 6.93. The normalized spacial score (nSPS) is 11.9. The van der Waals surface area contributed by atoms with E-state index in [4.69, 9.17) is 17.0 Å². The van der Waals surface area contributed by atoms with Gasteiger partial charge in [0.25, 0.3) is 0 Å². The van der Waals surface area contributed by atoms with Crippen molar-refractivity contribution < 1.29 is 19.4 Å². The Balaban J connectivity index is 2.49. The first-order valence-corrected chi connectivity index (χ1v) is 8.80. The summed E-state index contributed by atoms with van der Waals surface area (Å²) in [4.78, 5) is 25.7. The van der Waals surface area contributed by atoms with Crippen LogP contribution in [0.2, 0.25) is 0 Å². The summed E-state index contributed by atoms with van der Waals surface area (Å²) in [6.45, 7) is 3.59. The molecule has 1 N–H and O–H groups in total. The molecular formula is C19H27NO4S. The number of carbonyl (C=O) groups is 2. The number of likely N-dealkylation sites (N-methyl/N-ethyl adjacent to an activating group) is 1. The molecule has 0 bridgehead atoms. The minimum atomic E-state index is -0.974. The number of nitrogens with zero attached hydrogens (tertiary/aromatic N) is 1. The quantitative estimate of drug-likeness (QED) is 0.644. The lowest BCUT2D eigenvalue weighted by molar-refractivity contribution is -0.151. The molecule has 0 saturated heterocycles. The van der Waals surface area contributed by atoms with E-state index >= 15 is 0 Å². The SMILES string of the molecule is COc1ccccc1CC(=S)CCCC(=O)N(C)[C@H](C(=O)O)C(C)C. The fourth-order valence-corrected chi connectivity index (χ4v) is 3.12. The summed E-state index contributed by atoms with van der Waals surface area (Å²) < 4.78 is 5.32. The standard InChI is InChI=1S/C19H27NO4S/c1-13(2)18(19(22)23)20(3)17(21)11-7-9-15(25)12-14-8-5-6-10-16(14)24-4/h5-6,8,10,13,18H,7,9,11-12H2,1-4H3,(H,22,23)/t18-/m0/s1. The van der Waals surface area contributed by atoms with E-state index in [9.17, 15) is 14.7 Å². The number of hydrogen-bond donors (Lipinski definition) is 1. The Hall–Kier alpha value is -1.95. The molecule has 6 heteroatoms. The number of carboxylic acids is 1. The fourth-order valence-electron chi connectivity index (χ4n) is 2.82. The smallest absolute Gasteiger partial charge is 0.326 e. The number of amides is 1. The number of para-hydroxylation sites is 1. The Bertz CT molecular complexity index is 615. The third-order valence-electron chi connectivity index (χ3n) is 4.12. The monoisotopic (exact) mass is 365 g/mol. The summed E-state index contributed by atoms with van der Waals surface area (Å²) in [7, 11) is 3.18. The molecule has 0 aliphatic carbocycles. The summed E-state index contributed by atoms with van der Waals surface area (Å²) in [5.74, 6) is -0.473. The number of methoxy groups -OCH3 is 1. The minimum absolute atomic E-state index is 0.141. The highest BCUT2D eigenvalue weighted by Crippen LogP contribution is 2.19. The van der Waals surface area contributed by atoms with Crippen LogP contribution in [0.1, 0.15) is 38.7 Å². The number of rotatable bonds is 10. The van der Waals surface area contributed by atoms with Crippen LogP contribution in [0, 0.1) is 5.92 Å². The number of hydrogen-bond acceptors (Lipinski definition) is 4. The lowest BCUT2D eigenvalue weighted by atomic mass is 10.0. The van der Waals surface area contributed by atoms with Gasteiger partial charge in [0, 0.05) is 19.9 Å². The first-order chi connectivity index (χ1) is 11.8. The third-order valence-corrected chi connectivity index (χ3v) is 4.47. The van der Waals surface area contributed by atoms with Crippen LogP contribution in [-0.4, -0.2) is 46.9 Å². The van der Waals surface area contributed by atoms with Gasteiger partial charge in [-0.3, -0.25) is 4.79 Å². The van der Waals surface area contributed by atoms with E-state index < -0.39 is 12.0 Å². The molecule has 1 rings (SSSR count). The zero-order chi connectivity index (χ0) is 19.0. The Morgan fingerprint density at radius 3 is 2.44 bits per heavy atom. The molecule has 0 aliphatic rings. The molecule has 25 heavy (non-hydrogen) atoms. The highest BCUT2D eigenvalue weighted by molar-refractivity contribution is 7.80. The molecule has 0 radical (unpaired) electrons. The molecular weight excluding hydrogens is 338 g/mol. The van der Waals surface area contributed by atoms with E-state index in [1.165, 1.54) is 4.90 Å². The van der Waals surface area contributed by atoms with Crippen molar-refractivity contribution in [2.24, 2.45) is 5.92 Å². The summed E-state index contributed by atoms with van der Waals surface area (Å²) in [6.07, 6.45) is 2.18. The van der Waals surface area contributed by atoms with Crippen LogP contribution >= 0.6 is 12.2 Å². The number of ether oxygens (including phenoxy) is 1. The molecule has 138 valence electrons. The van der Waals surface area contributed by atoms with Crippen LogP contribution in [0.5, 0.6) is 5.75 Å². The molecule has 1 atom stereocenters. The maximum atomic E-state index is 12.2. The first-order valence-electron chi connectivity index (χ1n) is 8.40. The molecule has 0 fully saturated rings. The van der Waals surface area contributed by atoms with Crippen molar-refractivity contribution in [3.05, 3.63) is 29.8 Å². The summed E-state index contributed by atoms with van der Waals surface area (Å²) in [5.41, 5.74) is 1.03. The van der Waals surface area contributed by atoms with E-state index in [0.29, 0.717) is 25.7 Å². The van der Waals surface area contributed by atoms with Crippen molar-refractivity contribution in [2.75, 3.05) is 14.2 Å². The average molecular weight is 365 g/mol. The third kappa shape index (κ3) is 6.46. The van der Waals surface area contributed by atoms with Crippen molar-refractivity contribution in [2.45, 2.75) is 45.6 Å². The van der Waals surface area contributed by atoms with Gasteiger partial charge in [0.2, 0.25) is 5.91 Å². The van der Waals surface area contributed by atoms with E-state index in [-0.39, 0.29) is 11.8 Å². The Labute approximate surface area is 155 Å². The van der Waals surface area contributed by atoms with Crippen LogP contribution in [0.15, 0.2) is 24.3 Å². The van der Waals surface area contributed by atoms with Gasteiger partial charge in [-0.05, 0) is 35.3 Å². The van der Waals surface area contributed by atoms with Crippen molar-refractivity contribution >= 4 is 29.0 Å². The fraction of sp³-hybridized carbons (Fsp3) is 0.526. The van der Waals surface area contributed by atoms with Gasteiger partial charge in [0.05, 0.1) is 7.11 Å². The maximum Gasteiger partial charge on any atom is 0.326 e. The lowest BCUT2D eigenvalue weighted by Gasteiger charge is -2.27. The predicted octanol–water partition coefficient (Wildman–Crippen LogP) is 3.35. The molecule has 0 aliphatic heterocycles. The van der Waals surface area contributed by atoms with E-state index in [1.54, 1.807) is 28.0 Å². The molecule has 0 saturated carbocycles. The molecule has 0 heterocycles. The lowest BCUT2D eigenvalue weighted by Crippen LogP contribution is -2.45. The first kappa shape index (κ1) is 21.1. The predicted molar refractivity (Wildman–Crippen MR) is 102 cm³/mol. The molecule has 1 aromatic rings. The topological polar surface area (TPSA) is 66.8 Å². The van der Waals surface area contributed by atoms with Crippen molar-refractivity contribution in [1.82, 2.24) is 4.90 Å². The zero-order valence-corrected chi connectivity index (χ0v) is 16.1. The second kappa shape index (κ2) is 10.1. The van der Waals surface area contributed by atoms with Gasteiger partial charge in [0.1, 0.15) is 11.8 Å². The van der Waals surface area contributed by atoms with Crippen LogP contribution < -0.4 is 4.74 Å². The maximum absolute atomic E-state index is 12.2. The van der Waals surface area contributed by atoms with Gasteiger partial charge >= 0.3 is 5.97 Å². The minimum Gasteiger partial charge on any atom is -0.496 e. The molecule has 1 aromatic carbocycles. The van der Waals surface area contributed by atoms with Crippen LogP contribution in [0.25, 0.3) is 0 Å². The van der Waals surface area contributed by atoms with Crippen molar-refractivity contribution in [3.63, 3.8) is 0 Å². The van der Waals surface area contributed by atoms with Gasteiger partial charge < -0.3 is 14.7 Å². The average Bonchev–Trinajstić information content (AvgIpc) is 2.54. The summed E-state index contributed by atoms with van der Waals surface area (Å²) >= 11 is 5.42. The second-order valence-electron chi connectivity index (χ2n) is 6.41. The molecule has 1 amide bonds. The number of thiocarbonyl (C=S) groups is 1. The number of carboxylic acid groups (broad SMARTS) is 1. The van der Waals surface area contributed by atoms with E-state index in [1.807, 2.05) is 24.3 Å². The van der Waals surface area contributed by atoms with Crippen LogP contribution in [-0.2, 0) is 16.0 Å². The van der Waals surface area contributed by atoms with Gasteiger partial charge in [0.15, 0.2) is 0 Å². The Kier molecular flexibility index (Phi) is 8.55. The Morgan fingerprint density at radius 2 is 1.88 bits per heavy atom. The van der Waals surface area contributed by atoms with E-state index in [0.717, 1.165) is 16.2 Å². The Morgan fingerprint density at radius 1 is 1.24 bits per heavy atom. The van der Waals surface area contributed by atoms with Crippen LogP contribution in [0.4, 0.5) is 0 Å². The zero-order valence-electron chi connectivity index (χ0n) is 15.3. The molecule has 0 unspecified atom stereocenters. The highest BCUT2D eigenvalue weighted by Gasteiger charge is 2.28. The van der Waals surface area contributed by atoms with Crippen molar-refractivity contribution in [1.29, 1.82) is 0 Å². The van der Waals surface area contributed by atoms with Gasteiger partial charge in [-0.1, -0.05) is 44.3 Å². The molecule has 5 nitrogen and oxygen atoms in total. The van der Waals surface area contributed by atoms with Gasteiger partial charge in [-0.25, -0.2) is 4.79 Å². The summed E-state index contributed by atoms with van der Waals surface area (Å²) in [5, 5.41) is 9.26. The van der Waals surface area contributed by atoms with Crippen LogP contribution in [0.3, 0.4) is 0 Å². The van der Waals surface area contributed by atoms with Gasteiger partial charge in [-0.15, -0.1) is 0 Å². The number of benzene rings is 1. The van der Waals surface area contributed by atoms with Gasteiger partial charge in [-0.2, -0.15) is 0 Å². The molecule has 0 spiro atoms. The largest absolute Gasteiger partial charge is 0.496 e. The highest BCUT2D eigenvalue weighted by atomic mass is 32.1. The number of aliphatic carboxylic acids is 1.